The first kappa shape index (κ1) is 29.5. The predicted molar refractivity (Wildman–Crippen MR) is 155 cm³/mol. The van der Waals surface area contributed by atoms with Gasteiger partial charge in [0.15, 0.2) is 5.78 Å². The Balaban J connectivity index is 1.95. The second kappa shape index (κ2) is 12.2. The highest BCUT2D eigenvalue weighted by Crippen LogP contribution is 2.31. The summed E-state index contributed by atoms with van der Waals surface area (Å²) in [6.07, 6.45) is 0.794. The fourth-order valence-electron chi connectivity index (χ4n) is 3.76. The van der Waals surface area contributed by atoms with Gasteiger partial charge in [-0.15, -0.1) is 0 Å². The lowest BCUT2D eigenvalue weighted by Gasteiger charge is -2.17. The van der Waals surface area contributed by atoms with Crippen LogP contribution >= 0.6 is 0 Å². The number of hydrogen-bond acceptors (Lipinski definition) is 6. The van der Waals surface area contributed by atoms with E-state index < -0.39 is 23.6 Å². The highest BCUT2D eigenvalue weighted by molar-refractivity contribution is 6.11. The zero-order valence-corrected chi connectivity index (χ0v) is 23.0. The maximum atomic E-state index is 13.5. The monoisotopic (exact) mass is 541 g/mol. The van der Waals surface area contributed by atoms with Crippen LogP contribution in [-0.2, 0) is 9.47 Å². The van der Waals surface area contributed by atoms with Gasteiger partial charge in [0, 0.05) is 22.4 Å². The maximum Gasteiger partial charge on any atom is 0.436 e. The zero-order chi connectivity index (χ0) is 29.6. The molecule has 0 aromatic heterocycles. The van der Waals surface area contributed by atoms with Gasteiger partial charge in [-0.2, -0.15) is 4.99 Å². The number of nitrogens with zero attached hydrogens (tertiary/aromatic N) is 1. The van der Waals surface area contributed by atoms with E-state index in [1.165, 1.54) is 20.1 Å². The summed E-state index contributed by atoms with van der Waals surface area (Å²) in [4.78, 5) is 53.7. The summed E-state index contributed by atoms with van der Waals surface area (Å²) in [6.45, 7) is 10.3. The van der Waals surface area contributed by atoms with Crippen LogP contribution in [0.3, 0.4) is 0 Å². The van der Waals surface area contributed by atoms with Gasteiger partial charge in [0.2, 0.25) is 0 Å². The molecule has 0 atom stereocenters. The van der Waals surface area contributed by atoms with Crippen LogP contribution in [0.2, 0.25) is 0 Å². The Morgan fingerprint density at radius 3 is 2.08 bits per heavy atom. The molecule has 0 aliphatic carbocycles. The van der Waals surface area contributed by atoms with E-state index in [0.29, 0.717) is 33.5 Å². The molecule has 0 saturated heterocycles. The number of ketones is 1. The number of nitrogens with one attached hydrogen (secondary N) is 1. The van der Waals surface area contributed by atoms with Gasteiger partial charge in [-0.3, -0.25) is 9.59 Å². The van der Waals surface area contributed by atoms with E-state index in [1.54, 1.807) is 81.4 Å². The van der Waals surface area contributed by atoms with Crippen LogP contribution in [0.25, 0.3) is 17.2 Å². The third-order valence-corrected chi connectivity index (χ3v) is 5.69. The number of rotatable bonds is 7. The van der Waals surface area contributed by atoms with Crippen molar-refractivity contribution in [3.05, 3.63) is 95.1 Å². The molecule has 2 amide bonds. The summed E-state index contributed by atoms with van der Waals surface area (Å²) in [6, 6.07) is 16.2. The Kier molecular flexibility index (Phi) is 9.00. The number of nitrogens with two attached hydrogens (primary N) is 1. The van der Waals surface area contributed by atoms with E-state index in [1.807, 2.05) is 0 Å². The number of methoxy groups -OCH3 is 1. The van der Waals surface area contributed by atoms with Crippen LogP contribution in [0, 0.1) is 0 Å². The summed E-state index contributed by atoms with van der Waals surface area (Å²) in [5.41, 5.74) is 8.50. The molecule has 3 aromatic rings. The average Bonchev–Trinajstić information content (AvgIpc) is 2.91. The van der Waals surface area contributed by atoms with Gasteiger partial charge in [0.05, 0.1) is 12.7 Å². The largest absolute Gasteiger partial charge is 0.465 e. The molecule has 3 aromatic carbocycles. The number of hydrogen-bond donors (Lipinski definition) is 2. The first-order valence-corrected chi connectivity index (χ1v) is 12.3. The first-order valence-electron chi connectivity index (χ1n) is 12.3. The van der Waals surface area contributed by atoms with Crippen LogP contribution in [-0.4, -0.2) is 42.3 Å². The molecule has 0 saturated carbocycles. The molecule has 0 aliphatic rings. The van der Waals surface area contributed by atoms with Crippen LogP contribution in [0.15, 0.2) is 72.2 Å². The topological polar surface area (TPSA) is 137 Å². The lowest BCUT2D eigenvalue weighted by molar-refractivity contribution is 0.0592. The number of amidine groups is 1. The minimum atomic E-state index is -0.806. The van der Waals surface area contributed by atoms with Gasteiger partial charge < -0.3 is 20.5 Å². The fraction of sp³-hybridized carbons (Fsp3) is 0.194. The van der Waals surface area contributed by atoms with Crippen LogP contribution in [0.1, 0.15) is 69.9 Å². The van der Waals surface area contributed by atoms with E-state index in [0.717, 1.165) is 0 Å². The van der Waals surface area contributed by atoms with Crippen molar-refractivity contribution in [1.29, 1.82) is 0 Å². The number of carbonyl (C=O) groups is 4. The lowest BCUT2D eigenvalue weighted by Crippen LogP contribution is -2.24. The van der Waals surface area contributed by atoms with E-state index in [4.69, 9.17) is 15.2 Å². The van der Waals surface area contributed by atoms with E-state index in [9.17, 15) is 19.2 Å². The number of esters is 1. The van der Waals surface area contributed by atoms with Crippen molar-refractivity contribution in [3.8, 4) is 11.1 Å². The average molecular weight is 542 g/mol. The van der Waals surface area contributed by atoms with E-state index in [2.05, 4.69) is 16.9 Å². The number of ether oxygens (including phenoxy) is 2. The summed E-state index contributed by atoms with van der Waals surface area (Å²) in [5.74, 6) is -1.33. The molecule has 0 fully saturated rings. The molecule has 0 heterocycles. The standard InChI is InChI=1S/C31H31N3O6/c1-7-19-8-14-23(24-15-11-21(18(2)35)17-26(24)29(37)39-6)25(16-19)28(36)33-22-12-9-20(10-13-22)27(32)34-30(38)40-31(3,4)5/h7-17H,1H2,2-6H3,(H,33,36)(H2,32,34,38). The number of aliphatic imine (C=N–C) groups is 1. The summed E-state index contributed by atoms with van der Waals surface area (Å²) >= 11 is 0. The van der Waals surface area contributed by atoms with E-state index in [-0.39, 0.29) is 22.7 Å². The molecule has 206 valence electrons. The van der Waals surface area contributed by atoms with Crippen molar-refractivity contribution in [2.75, 3.05) is 12.4 Å². The van der Waals surface area contributed by atoms with Crippen molar-refractivity contribution >= 4 is 41.4 Å². The van der Waals surface area contributed by atoms with Crippen LogP contribution in [0.4, 0.5) is 10.5 Å². The third kappa shape index (κ3) is 7.28. The summed E-state index contributed by atoms with van der Waals surface area (Å²) in [7, 11) is 1.25. The zero-order valence-electron chi connectivity index (χ0n) is 23.0. The van der Waals surface area contributed by atoms with Crippen LogP contribution < -0.4 is 11.1 Å². The molecule has 3 rings (SSSR count). The molecule has 3 N–H and O–H groups in total. The van der Waals surface area contributed by atoms with Gasteiger partial charge in [0.25, 0.3) is 5.91 Å². The second-order valence-corrected chi connectivity index (χ2v) is 9.83. The highest BCUT2D eigenvalue weighted by atomic mass is 16.6. The van der Waals surface area contributed by atoms with Gasteiger partial charge in [-0.25, -0.2) is 9.59 Å². The van der Waals surface area contributed by atoms with Crippen molar-refractivity contribution in [1.82, 2.24) is 0 Å². The Labute approximate surface area is 232 Å². The van der Waals surface area contributed by atoms with Crippen molar-refractivity contribution in [2.45, 2.75) is 33.3 Å². The molecule has 0 unspecified atom stereocenters. The molecule has 0 aliphatic heterocycles. The normalized spacial score (nSPS) is 11.4. The lowest BCUT2D eigenvalue weighted by atomic mass is 9.91. The predicted octanol–water partition coefficient (Wildman–Crippen LogP) is 5.88. The Bertz CT molecular complexity index is 1520. The van der Waals surface area contributed by atoms with E-state index >= 15 is 0 Å². The molecule has 0 spiro atoms. The molecular weight excluding hydrogens is 510 g/mol. The number of benzene rings is 3. The maximum absolute atomic E-state index is 13.5. The van der Waals surface area contributed by atoms with Crippen molar-refractivity contribution in [3.63, 3.8) is 0 Å². The third-order valence-electron chi connectivity index (χ3n) is 5.69. The van der Waals surface area contributed by atoms with Gasteiger partial charge in [-0.1, -0.05) is 36.9 Å². The first-order chi connectivity index (χ1) is 18.8. The summed E-state index contributed by atoms with van der Waals surface area (Å²) < 4.78 is 10.1. The minimum Gasteiger partial charge on any atom is -0.465 e. The fourth-order valence-corrected chi connectivity index (χ4v) is 3.76. The number of carbonyl (C=O) groups excluding carboxylic acids is 4. The quantitative estimate of drug-likeness (QED) is 0.165. The summed E-state index contributed by atoms with van der Waals surface area (Å²) in [5, 5.41) is 2.83. The second-order valence-electron chi connectivity index (χ2n) is 9.83. The molecule has 9 nitrogen and oxygen atoms in total. The SMILES string of the molecule is C=Cc1ccc(-c2ccc(C(C)=O)cc2C(=O)OC)c(C(=O)Nc2ccc(C(N)=NC(=O)OC(C)(C)C)cc2)c1. The van der Waals surface area contributed by atoms with Gasteiger partial charge >= 0.3 is 12.1 Å². The molecular formula is C31H31N3O6. The van der Waals surface area contributed by atoms with Crippen molar-refractivity contribution < 1.29 is 28.7 Å². The number of Topliss-reactive ketones (excluding diaryl/α,β-unsaturated/α-hetero) is 1. The van der Waals surface area contributed by atoms with Gasteiger partial charge in [0.1, 0.15) is 11.4 Å². The molecule has 9 heteroatoms. The number of amides is 2. The van der Waals surface area contributed by atoms with Crippen LogP contribution in [0.5, 0.6) is 0 Å². The highest BCUT2D eigenvalue weighted by Gasteiger charge is 2.21. The molecule has 40 heavy (non-hydrogen) atoms. The Morgan fingerprint density at radius 1 is 0.900 bits per heavy atom. The minimum absolute atomic E-state index is 0.0301. The smallest absolute Gasteiger partial charge is 0.436 e. The molecule has 0 bridgehead atoms. The Morgan fingerprint density at radius 2 is 1.50 bits per heavy atom. The molecule has 0 radical (unpaired) electrons. The van der Waals surface area contributed by atoms with Gasteiger partial charge in [-0.05, 0) is 80.8 Å². The van der Waals surface area contributed by atoms with Crippen molar-refractivity contribution in [2.24, 2.45) is 10.7 Å². The Hall–Kier alpha value is -5.05. The number of anilines is 1.